The van der Waals surface area contributed by atoms with Gasteiger partial charge in [0.05, 0.1) is 0 Å². The zero-order valence-electron chi connectivity index (χ0n) is 10.9. The molecule has 0 aliphatic rings. The molecule has 17 heavy (non-hydrogen) atoms. The van der Waals surface area contributed by atoms with Gasteiger partial charge in [-0.1, -0.05) is 37.6 Å². The first kappa shape index (κ1) is 16.1. The molecule has 0 spiro atoms. The van der Waals surface area contributed by atoms with Crippen molar-refractivity contribution in [1.82, 2.24) is 4.90 Å². The topological polar surface area (TPSA) is 20.3 Å². The van der Waals surface area contributed by atoms with Gasteiger partial charge in [0.2, 0.25) is 0 Å². The highest BCUT2D eigenvalue weighted by Gasteiger charge is 2.11. The summed E-state index contributed by atoms with van der Waals surface area (Å²) in [6.07, 6.45) is 1.16. The van der Waals surface area contributed by atoms with Gasteiger partial charge in [-0.3, -0.25) is 0 Å². The number of rotatable bonds is 5. The van der Waals surface area contributed by atoms with Crippen molar-refractivity contribution < 1.29 is 4.79 Å². The fourth-order valence-corrected chi connectivity index (χ4v) is 1.93. The molecule has 0 saturated carbocycles. The number of hydrogen-bond donors (Lipinski definition) is 0. The zero-order valence-corrected chi connectivity index (χ0v) is 11.7. The van der Waals surface area contributed by atoms with Gasteiger partial charge < -0.3 is 9.69 Å². The van der Waals surface area contributed by atoms with Crippen LogP contribution in [0.5, 0.6) is 0 Å². The molecule has 1 unspecified atom stereocenters. The fourth-order valence-electron chi connectivity index (χ4n) is 1.74. The van der Waals surface area contributed by atoms with Crippen molar-refractivity contribution >= 4 is 18.4 Å². The SMILES string of the molecule is C=O.CCC(CN(C)CC)c1cccc(Cl)c1. The van der Waals surface area contributed by atoms with Crippen LogP contribution in [0, 0.1) is 0 Å². The van der Waals surface area contributed by atoms with E-state index in [0.717, 1.165) is 24.5 Å². The summed E-state index contributed by atoms with van der Waals surface area (Å²) in [7, 11) is 2.16. The van der Waals surface area contributed by atoms with Crippen LogP contribution >= 0.6 is 11.6 Å². The van der Waals surface area contributed by atoms with Gasteiger partial charge in [-0.15, -0.1) is 0 Å². The quantitative estimate of drug-likeness (QED) is 0.801. The molecule has 0 N–H and O–H groups in total. The number of likely N-dealkylation sites (N-methyl/N-ethyl adjacent to an activating group) is 1. The Morgan fingerprint density at radius 1 is 1.35 bits per heavy atom. The van der Waals surface area contributed by atoms with Crippen molar-refractivity contribution in [3.05, 3.63) is 34.9 Å². The largest absolute Gasteiger partial charge is 0.307 e. The monoisotopic (exact) mass is 255 g/mol. The molecule has 1 rings (SSSR count). The third-order valence-electron chi connectivity index (χ3n) is 2.88. The minimum atomic E-state index is 0.591. The van der Waals surface area contributed by atoms with Gasteiger partial charge in [-0.25, -0.2) is 0 Å². The Labute approximate surface area is 110 Å². The molecule has 3 heteroatoms. The molecule has 1 atom stereocenters. The molecule has 0 aliphatic heterocycles. The number of hydrogen-bond acceptors (Lipinski definition) is 2. The lowest BCUT2D eigenvalue weighted by molar-refractivity contribution is -0.0979. The van der Waals surface area contributed by atoms with Crippen LogP contribution in [0.1, 0.15) is 31.7 Å². The summed E-state index contributed by atoms with van der Waals surface area (Å²) in [6.45, 7) is 8.62. The van der Waals surface area contributed by atoms with E-state index in [0.29, 0.717) is 5.92 Å². The first-order chi connectivity index (χ1) is 8.17. The summed E-state index contributed by atoms with van der Waals surface area (Å²) >= 11 is 6.00. The summed E-state index contributed by atoms with van der Waals surface area (Å²) in [6, 6.07) is 8.22. The summed E-state index contributed by atoms with van der Waals surface area (Å²) in [5, 5.41) is 0.838. The molecule has 0 fully saturated rings. The molecular weight excluding hydrogens is 234 g/mol. The lowest BCUT2D eigenvalue weighted by Gasteiger charge is -2.22. The average Bonchev–Trinajstić information content (AvgIpc) is 2.38. The van der Waals surface area contributed by atoms with Crippen LogP contribution in [0.4, 0.5) is 0 Å². The average molecular weight is 256 g/mol. The van der Waals surface area contributed by atoms with Gasteiger partial charge in [0, 0.05) is 11.6 Å². The third kappa shape index (κ3) is 5.85. The van der Waals surface area contributed by atoms with Crippen LogP contribution in [-0.2, 0) is 4.79 Å². The van der Waals surface area contributed by atoms with E-state index in [1.165, 1.54) is 5.56 Å². The van der Waals surface area contributed by atoms with Crippen LogP contribution in [0.25, 0.3) is 0 Å². The minimum Gasteiger partial charge on any atom is -0.307 e. The Balaban J connectivity index is 0.00000121. The Bertz CT molecular complexity index is 317. The van der Waals surface area contributed by atoms with Gasteiger partial charge in [0.25, 0.3) is 0 Å². The van der Waals surface area contributed by atoms with Crippen molar-refractivity contribution in [3.8, 4) is 0 Å². The second-order valence-electron chi connectivity index (χ2n) is 4.02. The lowest BCUT2D eigenvalue weighted by Crippen LogP contribution is -2.24. The maximum atomic E-state index is 8.00. The van der Waals surface area contributed by atoms with Crippen LogP contribution in [0.2, 0.25) is 5.02 Å². The Morgan fingerprint density at radius 2 is 2.00 bits per heavy atom. The highest BCUT2D eigenvalue weighted by Crippen LogP contribution is 2.23. The Morgan fingerprint density at radius 3 is 2.47 bits per heavy atom. The van der Waals surface area contributed by atoms with E-state index in [1.807, 2.05) is 18.9 Å². The predicted molar refractivity (Wildman–Crippen MR) is 74.8 cm³/mol. The molecule has 0 heterocycles. The van der Waals surface area contributed by atoms with Crippen molar-refractivity contribution in [2.24, 2.45) is 0 Å². The molecule has 96 valence electrons. The fraction of sp³-hybridized carbons (Fsp3) is 0.500. The van der Waals surface area contributed by atoms with Crippen LogP contribution in [0.3, 0.4) is 0 Å². The molecule has 1 aromatic carbocycles. The highest BCUT2D eigenvalue weighted by molar-refractivity contribution is 6.30. The minimum absolute atomic E-state index is 0.591. The zero-order chi connectivity index (χ0) is 13.3. The second kappa shape index (κ2) is 9.20. The van der Waals surface area contributed by atoms with E-state index in [2.05, 4.69) is 37.9 Å². The Hall–Kier alpha value is -0.860. The Kier molecular flexibility index (Phi) is 8.73. The number of halogens is 1. The molecule has 0 aliphatic carbocycles. The van der Waals surface area contributed by atoms with Crippen LogP contribution in [-0.4, -0.2) is 31.8 Å². The van der Waals surface area contributed by atoms with Crippen molar-refractivity contribution in [2.75, 3.05) is 20.1 Å². The number of carbonyl (C=O) groups excluding carboxylic acids is 1. The van der Waals surface area contributed by atoms with E-state index in [4.69, 9.17) is 16.4 Å². The molecule has 2 nitrogen and oxygen atoms in total. The number of benzene rings is 1. The third-order valence-corrected chi connectivity index (χ3v) is 3.12. The standard InChI is InChI=1S/C13H20ClN.CH2O/c1-4-11(10-15(3)5-2)12-7-6-8-13(14)9-12;1-2/h6-9,11H,4-5,10H2,1-3H3;1H2. The number of nitrogens with zero attached hydrogens (tertiary/aromatic N) is 1. The van der Waals surface area contributed by atoms with Crippen molar-refractivity contribution in [2.45, 2.75) is 26.2 Å². The van der Waals surface area contributed by atoms with E-state index < -0.39 is 0 Å². The molecule has 1 aromatic rings. The van der Waals surface area contributed by atoms with Crippen LogP contribution in [0.15, 0.2) is 24.3 Å². The normalized spacial score (nSPS) is 11.8. The van der Waals surface area contributed by atoms with Crippen molar-refractivity contribution in [1.29, 1.82) is 0 Å². The first-order valence-corrected chi connectivity index (χ1v) is 6.28. The summed E-state index contributed by atoms with van der Waals surface area (Å²) < 4.78 is 0. The molecule has 0 amide bonds. The molecule has 0 aromatic heterocycles. The number of carbonyl (C=O) groups is 1. The smallest absolute Gasteiger partial charge is 0.106 e. The van der Waals surface area contributed by atoms with Gasteiger partial charge in [-0.05, 0) is 43.6 Å². The molecular formula is C14H22ClNO. The second-order valence-corrected chi connectivity index (χ2v) is 4.45. The van der Waals surface area contributed by atoms with Gasteiger partial charge in [-0.2, -0.15) is 0 Å². The lowest BCUT2D eigenvalue weighted by atomic mass is 9.96. The summed E-state index contributed by atoms with van der Waals surface area (Å²) in [4.78, 5) is 10.3. The highest BCUT2D eigenvalue weighted by atomic mass is 35.5. The maximum Gasteiger partial charge on any atom is 0.106 e. The van der Waals surface area contributed by atoms with Gasteiger partial charge in [0.1, 0.15) is 6.79 Å². The van der Waals surface area contributed by atoms with Crippen molar-refractivity contribution in [3.63, 3.8) is 0 Å². The van der Waals surface area contributed by atoms with E-state index in [-0.39, 0.29) is 0 Å². The maximum absolute atomic E-state index is 8.00. The molecule has 0 radical (unpaired) electrons. The first-order valence-electron chi connectivity index (χ1n) is 5.90. The van der Waals surface area contributed by atoms with E-state index in [1.54, 1.807) is 0 Å². The molecule has 0 bridgehead atoms. The van der Waals surface area contributed by atoms with Gasteiger partial charge >= 0.3 is 0 Å². The van der Waals surface area contributed by atoms with E-state index >= 15 is 0 Å². The van der Waals surface area contributed by atoms with Gasteiger partial charge in [0.15, 0.2) is 0 Å². The predicted octanol–water partition coefficient (Wildman–Crippen LogP) is 3.60. The molecule has 0 saturated heterocycles. The summed E-state index contributed by atoms with van der Waals surface area (Å²) in [5.74, 6) is 0.591. The van der Waals surface area contributed by atoms with Crippen LogP contribution < -0.4 is 0 Å². The van der Waals surface area contributed by atoms with E-state index in [9.17, 15) is 0 Å². The summed E-state index contributed by atoms with van der Waals surface area (Å²) in [5.41, 5.74) is 1.35.